The molecule has 1 aromatic rings. The predicted octanol–water partition coefficient (Wildman–Crippen LogP) is -1.92. The van der Waals surface area contributed by atoms with Crippen LogP contribution in [0, 0.1) is 12.8 Å². The Labute approximate surface area is 162 Å². The van der Waals surface area contributed by atoms with E-state index in [1.54, 1.807) is 6.92 Å². The first-order valence-electron chi connectivity index (χ1n) is 7.79. The summed E-state index contributed by atoms with van der Waals surface area (Å²) in [7, 11) is 1.00. The fraction of sp³-hybridized carbons (Fsp3) is 0.533. The molecule has 0 unspecified atom stereocenters. The lowest BCUT2D eigenvalue weighted by atomic mass is 10.1. The quantitative estimate of drug-likeness (QED) is 0.237. The van der Waals surface area contributed by atoms with Crippen molar-refractivity contribution in [2.45, 2.75) is 32.4 Å². The first-order valence-corrected chi connectivity index (χ1v) is 7.79. The van der Waals surface area contributed by atoms with Gasteiger partial charge in [-0.15, -0.1) is 12.8 Å². The fourth-order valence-electron chi connectivity index (χ4n) is 1.40. The number of amides is 3. The van der Waals surface area contributed by atoms with Crippen LogP contribution >= 0.6 is 0 Å². The molecule has 1 aromatic heterocycles. The number of aliphatic carboxylic acids is 1. The number of terminal acetylenes is 1. The molecular formula is C15H28N6O7. The van der Waals surface area contributed by atoms with E-state index in [1.807, 2.05) is 0 Å². The number of aliphatic hydroxyl groups excluding tert-OH is 2. The molecule has 0 spiro atoms. The zero-order valence-electron chi connectivity index (χ0n) is 15.8. The summed E-state index contributed by atoms with van der Waals surface area (Å²) in [5, 5.41) is 31.1. The van der Waals surface area contributed by atoms with Gasteiger partial charge in [-0.3, -0.25) is 9.59 Å². The second-order valence-corrected chi connectivity index (χ2v) is 4.35. The average Bonchev–Trinajstić information content (AvgIpc) is 3.16. The van der Waals surface area contributed by atoms with Gasteiger partial charge < -0.3 is 41.9 Å². The van der Waals surface area contributed by atoms with Crippen LogP contribution in [-0.4, -0.2) is 63.6 Å². The van der Waals surface area contributed by atoms with E-state index in [0.29, 0.717) is 0 Å². The van der Waals surface area contributed by atoms with Gasteiger partial charge in [0.2, 0.25) is 11.8 Å². The van der Waals surface area contributed by atoms with Crippen molar-refractivity contribution < 1.29 is 34.2 Å². The summed E-state index contributed by atoms with van der Waals surface area (Å²) in [6.07, 6.45) is 8.10. The van der Waals surface area contributed by atoms with Crippen molar-refractivity contribution >= 4 is 17.9 Å². The van der Waals surface area contributed by atoms with Crippen LogP contribution in [0.15, 0.2) is 4.52 Å². The van der Waals surface area contributed by atoms with Gasteiger partial charge in [0.05, 0.1) is 6.54 Å². The van der Waals surface area contributed by atoms with Crippen molar-refractivity contribution in [3.05, 3.63) is 11.7 Å². The molecule has 13 nitrogen and oxygen atoms in total. The van der Waals surface area contributed by atoms with Crippen LogP contribution in [0.2, 0.25) is 0 Å². The summed E-state index contributed by atoms with van der Waals surface area (Å²) in [5.74, 6) is -1.46. The maximum Gasteiger partial charge on any atom is 0.323 e. The van der Waals surface area contributed by atoms with E-state index in [-0.39, 0.29) is 37.7 Å². The number of primary amides is 1. The lowest BCUT2D eigenvalue weighted by molar-refractivity contribution is -0.135. The van der Waals surface area contributed by atoms with E-state index in [9.17, 15) is 14.4 Å². The van der Waals surface area contributed by atoms with E-state index in [1.165, 1.54) is 0 Å². The van der Waals surface area contributed by atoms with E-state index in [2.05, 4.69) is 33.6 Å². The fourth-order valence-corrected chi connectivity index (χ4v) is 1.40. The Morgan fingerprint density at radius 2 is 1.82 bits per heavy atom. The molecule has 0 aromatic carbocycles. The van der Waals surface area contributed by atoms with Crippen molar-refractivity contribution in [3.63, 3.8) is 0 Å². The number of nitrogens with zero attached hydrogens (tertiary/aromatic N) is 2. The Hall–Kier alpha value is -3.21. The molecule has 3 amide bonds. The number of hydrogen-bond donors (Lipinski definition) is 7. The number of hydrogen-bond acceptors (Lipinski definition) is 9. The summed E-state index contributed by atoms with van der Waals surface area (Å²) < 4.78 is 4.92. The average molecular weight is 404 g/mol. The third-order valence-corrected chi connectivity index (χ3v) is 2.35. The van der Waals surface area contributed by atoms with Crippen molar-refractivity contribution in [3.8, 4) is 12.8 Å². The van der Waals surface area contributed by atoms with Gasteiger partial charge >= 0.3 is 12.0 Å². The molecule has 0 aliphatic carbocycles. The predicted molar refractivity (Wildman–Crippen MR) is 98.3 cm³/mol. The molecule has 9 N–H and O–H groups in total. The third-order valence-electron chi connectivity index (χ3n) is 2.35. The van der Waals surface area contributed by atoms with Gasteiger partial charge in [0.1, 0.15) is 12.6 Å². The maximum atomic E-state index is 11.5. The molecule has 0 radical (unpaired) electrons. The van der Waals surface area contributed by atoms with Crippen LogP contribution in [-0.2, 0) is 16.1 Å². The molecule has 0 fully saturated rings. The number of aromatic nitrogens is 2. The molecule has 0 saturated heterocycles. The van der Waals surface area contributed by atoms with Crippen LogP contribution in [0.5, 0.6) is 0 Å². The summed E-state index contributed by atoms with van der Waals surface area (Å²) in [5.41, 5.74) is 10.4. The van der Waals surface area contributed by atoms with E-state index < -0.39 is 30.5 Å². The number of rotatable bonds is 8. The van der Waals surface area contributed by atoms with E-state index in [4.69, 9.17) is 31.3 Å². The molecule has 28 heavy (non-hydrogen) atoms. The lowest BCUT2D eigenvalue weighted by Gasteiger charge is -2.14. The van der Waals surface area contributed by atoms with Crippen molar-refractivity contribution in [2.24, 2.45) is 11.5 Å². The molecular weight excluding hydrogens is 376 g/mol. The second-order valence-electron chi connectivity index (χ2n) is 4.35. The van der Waals surface area contributed by atoms with E-state index in [0.717, 1.165) is 7.11 Å². The highest BCUT2D eigenvalue weighted by atomic mass is 16.5. The zero-order valence-corrected chi connectivity index (χ0v) is 15.8. The molecule has 13 heteroatoms. The molecule has 0 saturated carbocycles. The first kappa shape index (κ1) is 29.5. The largest absolute Gasteiger partial charge is 0.480 e. The highest BCUT2D eigenvalue weighted by molar-refractivity contribution is 5.80. The van der Waals surface area contributed by atoms with Crippen molar-refractivity contribution in [2.75, 3.05) is 20.3 Å². The SMILES string of the molecule is C#C.CCO.CO.NCc1noc([C@@H](CCC(N)=O)NC(=O)NCC(=O)O)n1. The van der Waals surface area contributed by atoms with Gasteiger partial charge in [0.15, 0.2) is 5.82 Å². The molecule has 0 aliphatic rings. The molecule has 160 valence electrons. The Balaban J connectivity index is -0.000000789. The number of aliphatic hydroxyl groups is 2. The van der Waals surface area contributed by atoms with Crippen LogP contribution in [0.3, 0.4) is 0 Å². The number of urea groups is 1. The van der Waals surface area contributed by atoms with Gasteiger partial charge in [0.25, 0.3) is 0 Å². The van der Waals surface area contributed by atoms with Crippen LogP contribution < -0.4 is 22.1 Å². The van der Waals surface area contributed by atoms with Gasteiger partial charge in [-0.25, -0.2) is 4.79 Å². The van der Waals surface area contributed by atoms with Gasteiger partial charge in [-0.1, -0.05) is 5.16 Å². The number of carboxylic acid groups (broad SMARTS) is 1. The minimum absolute atomic E-state index is 0.0236. The number of nitrogens with one attached hydrogen (secondary N) is 2. The topological polar surface area (TPSA) is 227 Å². The van der Waals surface area contributed by atoms with Crippen LogP contribution in [0.4, 0.5) is 4.79 Å². The number of carboxylic acids is 1. The van der Waals surface area contributed by atoms with Crippen molar-refractivity contribution in [1.82, 2.24) is 20.8 Å². The van der Waals surface area contributed by atoms with E-state index >= 15 is 0 Å². The highest BCUT2D eigenvalue weighted by Gasteiger charge is 2.21. The number of nitrogens with two attached hydrogens (primary N) is 2. The summed E-state index contributed by atoms with van der Waals surface area (Å²) in [4.78, 5) is 36.7. The second kappa shape index (κ2) is 20.1. The summed E-state index contributed by atoms with van der Waals surface area (Å²) >= 11 is 0. The standard InChI is InChI=1S/C10H16N6O5.C2H6O.C2H2.CH4O/c11-3-7-15-9(21-16-7)5(1-2-6(12)17)14-10(20)13-4-8(18)19;1-2-3;2*1-2/h5H,1-4,11H2,(H2,12,17)(H,18,19)(H2,13,14,20);3H,2H2,1H3;1-2H;2H,1H3/t5-;;;/m1.../s1. The van der Waals surface area contributed by atoms with Gasteiger partial charge in [-0.05, 0) is 13.3 Å². The van der Waals surface area contributed by atoms with Gasteiger partial charge in [-0.2, -0.15) is 4.98 Å². The number of carbonyl (C=O) groups excluding carboxylic acids is 2. The van der Waals surface area contributed by atoms with Crippen LogP contribution in [0.25, 0.3) is 0 Å². The zero-order chi connectivity index (χ0) is 22.5. The monoisotopic (exact) mass is 404 g/mol. The van der Waals surface area contributed by atoms with Crippen molar-refractivity contribution in [1.29, 1.82) is 0 Å². The summed E-state index contributed by atoms with van der Waals surface area (Å²) in [6.45, 7) is 1.43. The first-order chi connectivity index (χ1) is 13.3. The Kier molecular flexibility index (Phi) is 21.2. The van der Waals surface area contributed by atoms with Crippen LogP contribution in [0.1, 0.15) is 37.5 Å². The van der Waals surface area contributed by atoms with Gasteiger partial charge in [0, 0.05) is 20.1 Å². The molecule has 1 rings (SSSR count). The Morgan fingerprint density at radius 1 is 1.29 bits per heavy atom. The molecule has 1 heterocycles. The molecule has 0 aliphatic heterocycles. The number of carbonyl (C=O) groups is 3. The summed E-state index contributed by atoms with van der Waals surface area (Å²) in [6, 6.07) is -1.53. The Morgan fingerprint density at radius 3 is 2.21 bits per heavy atom. The normalized spacial score (nSPS) is 9.68. The minimum Gasteiger partial charge on any atom is -0.480 e. The molecule has 1 atom stereocenters. The minimum atomic E-state index is -1.19. The smallest absolute Gasteiger partial charge is 0.323 e. The highest BCUT2D eigenvalue weighted by Crippen LogP contribution is 2.16. The lowest BCUT2D eigenvalue weighted by Crippen LogP contribution is -2.40. The maximum absolute atomic E-state index is 11.5. The molecule has 0 bridgehead atoms. The third kappa shape index (κ3) is 16.3. The Bertz CT molecular complexity index is 576.